The number of carbonyl (C=O) groups excluding carboxylic acids is 1. The molecule has 2 aromatic rings. The Kier molecular flexibility index (Phi) is 4.09. The number of aromatic nitrogens is 2. The fourth-order valence-electron chi connectivity index (χ4n) is 2.83. The zero-order chi connectivity index (χ0) is 16.6. The van der Waals surface area contributed by atoms with Crippen LogP contribution in [0.25, 0.3) is 5.69 Å². The Labute approximate surface area is 138 Å². The van der Waals surface area contributed by atoms with Crippen molar-refractivity contribution in [1.29, 1.82) is 0 Å². The summed E-state index contributed by atoms with van der Waals surface area (Å²) in [6, 6.07) is 6.43. The lowest BCUT2D eigenvalue weighted by Gasteiger charge is -2.20. The predicted molar refractivity (Wildman–Crippen MR) is 85.0 cm³/mol. The molecule has 0 saturated carbocycles. The predicted octanol–water partition coefficient (Wildman–Crippen LogP) is 2.52. The molecule has 3 rings (SSSR count). The highest BCUT2D eigenvalue weighted by Gasteiger charge is 2.36. The summed E-state index contributed by atoms with van der Waals surface area (Å²) in [6.07, 6.45) is 2.89. The topological polar surface area (TPSA) is 75.4 Å². The number of rotatable bonds is 3. The fourth-order valence-corrected chi connectivity index (χ4v) is 3.06. The molecule has 0 unspecified atom stereocenters. The normalized spacial score (nSPS) is 17.5. The van der Waals surface area contributed by atoms with E-state index in [1.54, 1.807) is 29.9 Å². The fraction of sp³-hybridized carbons (Fsp3) is 0.312. The second-order valence-corrected chi connectivity index (χ2v) is 5.96. The summed E-state index contributed by atoms with van der Waals surface area (Å²) in [5.74, 6) is -1.32. The van der Waals surface area contributed by atoms with Gasteiger partial charge in [-0.05, 0) is 31.9 Å². The lowest BCUT2D eigenvalue weighted by Crippen LogP contribution is -2.40. The van der Waals surface area contributed by atoms with Gasteiger partial charge in [-0.1, -0.05) is 23.7 Å². The number of hydrogen-bond acceptors (Lipinski definition) is 3. The summed E-state index contributed by atoms with van der Waals surface area (Å²) in [4.78, 5) is 25.3. The molecule has 1 fully saturated rings. The second kappa shape index (κ2) is 6.04. The summed E-state index contributed by atoms with van der Waals surface area (Å²) >= 11 is 6.16. The van der Waals surface area contributed by atoms with Crippen molar-refractivity contribution in [1.82, 2.24) is 14.7 Å². The van der Waals surface area contributed by atoms with Gasteiger partial charge in [0.25, 0.3) is 5.91 Å². The van der Waals surface area contributed by atoms with Gasteiger partial charge in [0.1, 0.15) is 6.04 Å². The molecule has 7 heteroatoms. The number of para-hydroxylation sites is 1. The third-order valence-electron chi connectivity index (χ3n) is 4.00. The van der Waals surface area contributed by atoms with Crippen molar-refractivity contribution < 1.29 is 14.7 Å². The molecular formula is C16H16ClN3O3. The van der Waals surface area contributed by atoms with Crippen molar-refractivity contribution in [3.63, 3.8) is 0 Å². The van der Waals surface area contributed by atoms with E-state index in [0.717, 1.165) is 0 Å². The van der Waals surface area contributed by atoms with Crippen LogP contribution < -0.4 is 0 Å². The van der Waals surface area contributed by atoms with E-state index in [1.807, 2.05) is 12.1 Å². The number of carboxylic acids is 1. The van der Waals surface area contributed by atoms with Gasteiger partial charge in [0, 0.05) is 18.3 Å². The molecule has 23 heavy (non-hydrogen) atoms. The van der Waals surface area contributed by atoms with Crippen LogP contribution in [0.2, 0.25) is 5.02 Å². The Hall–Kier alpha value is -2.34. The van der Waals surface area contributed by atoms with Crippen LogP contribution in [0.1, 0.15) is 28.9 Å². The zero-order valence-electron chi connectivity index (χ0n) is 12.6. The number of likely N-dealkylation sites (tertiary alicyclic amines) is 1. The van der Waals surface area contributed by atoms with E-state index in [0.29, 0.717) is 35.7 Å². The molecule has 1 aliphatic rings. The van der Waals surface area contributed by atoms with Gasteiger partial charge >= 0.3 is 5.97 Å². The van der Waals surface area contributed by atoms with Gasteiger partial charge in [0.05, 0.1) is 10.7 Å². The summed E-state index contributed by atoms with van der Waals surface area (Å²) in [7, 11) is 0. The lowest BCUT2D eigenvalue weighted by atomic mass is 10.2. The Morgan fingerprint density at radius 1 is 1.35 bits per heavy atom. The Balaban J connectivity index is 1.94. The number of benzene rings is 1. The molecule has 1 N–H and O–H groups in total. The van der Waals surface area contributed by atoms with Crippen molar-refractivity contribution in [3.05, 3.63) is 46.7 Å². The van der Waals surface area contributed by atoms with Gasteiger partial charge in [-0.3, -0.25) is 4.79 Å². The highest BCUT2D eigenvalue weighted by Crippen LogP contribution is 2.24. The number of aliphatic carboxylic acids is 1. The molecule has 1 atom stereocenters. The van der Waals surface area contributed by atoms with Crippen LogP contribution in [0, 0.1) is 6.92 Å². The summed E-state index contributed by atoms with van der Waals surface area (Å²) in [5, 5.41) is 14.1. The van der Waals surface area contributed by atoms with E-state index in [2.05, 4.69) is 5.10 Å². The summed E-state index contributed by atoms with van der Waals surface area (Å²) in [5.41, 5.74) is 1.62. The van der Waals surface area contributed by atoms with Crippen LogP contribution in [-0.2, 0) is 4.79 Å². The Morgan fingerprint density at radius 2 is 2.09 bits per heavy atom. The molecule has 6 nitrogen and oxygen atoms in total. The standard InChI is InChI=1S/C16H16ClN3O3/c1-10-9-20(12-6-3-2-5-11(12)17)18-14(10)15(21)19-8-4-7-13(19)16(22)23/h2-3,5-6,9,13H,4,7-8H2,1H3,(H,22,23)/t13-/m0/s1. The van der Waals surface area contributed by atoms with Crippen LogP contribution in [0.4, 0.5) is 0 Å². The minimum atomic E-state index is -0.973. The molecule has 1 aliphatic heterocycles. The van der Waals surface area contributed by atoms with Crippen molar-refractivity contribution in [2.45, 2.75) is 25.8 Å². The van der Waals surface area contributed by atoms with Gasteiger partial charge in [-0.2, -0.15) is 5.10 Å². The first kappa shape index (κ1) is 15.6. The molecule has 1 saturated heterocycles. The maximum atomic E-state index is 12.7. The number of amides is 1. The first-order chi connectivity index (χ1) is 11.0. The first-order valence-corrected chi connectivity index (χ1v) is 7.72. The van der Waals surface area contributed by atoms with Crippen molar-refractivity contribution in [2.75, 3.05) is 6.54 Å². The first-order valence-electron chi connectivity index (χ1n) is 7.34. The highest BCUT2D eigenvalue weighted by molar-refractivity contribution is 6.32. The van der Waals surface area contributed by atoms with Crippen LogP contribution in [0.15, 0.2) is 30.5 Å². The number of carboxylic acid groups (broad SMARTS) is 1. The molecule has 0 aliphatic carbocycles. The molecule has 1 amide bonds. The van der Waals surface area contributed by atoms with Crippen LogP contribution in [0.3, 0.4) is 0 Å². The summed E-state index contributed by atoms with van der Waals surface area (Å²) < 4.78 is 1.55. The molecule has 1 aromatic heterocycles. The van der Waals surface area contributed by atoms with E-state index < -0.39 is 12.0 Å². The number of carbonyl (C=O) groups is 2. The second-order valence-electron chi connectivity index (χ2n) is 5.55. The molecule has 120 valence electrons. The van der Waals surface area contributed by atoms with E-state index in [4.69, 9.17) is 11.6 Å². The van der Waals surface area contributed by atoms with Gasteiger partial charge < -0.3 is 10.0 Å². The van der Waals surface area contributed by atoms with Gasteiger partial charge in [-0.25, -0.2) is 9.48 Å². The zero-order valence-corrected chi connectivity index (χ0v) is 13.3. The monoisotopic (exact) mass is 333 g/mol. The highest BCUT2D eigenvalue weighted by atomic mass is 35.5. The van der Waals surface area contributed by atoms with E-state index in [1.165, 1.54) is 4.90 Å². The average molecular weight is 334 g/mol. The smallest absolute Gasteiger partial charge is 0.326 e. The quantitative estimate of drug-likeness (QED) is 0.936. The molecular weight excluding hydrogens is 318 g/mol. The Bertz CT molecular complexity index is 772. The maximum absolute atomic E-state index is 12.7. The van der Waals surface area contributed by atoms with Crippen LogP contribution in [0.5, 0.6) is 0 Å². The van der Waals surface area contributed by atoms with Crippen molar-refractivity contribution >= 4 is 23.5 Å². The lowest BCUT2D eigenvalue weighted by molar-refractivity contribution is -0.141. The van der Waals surface area contributed by atoms with Crippen LogP contribution >= 0.6 is 11.6 Å². The van der Waals surface area contributed by atoms with Crippen LogP contribution in [-0.4, -0.2) is 44.3 Å². The largest absolute Gasteiger partial charge is 0.480 e. The minimum Gasteiger partial charge on any atom is -0.480 e. The number of hydrogen-bond donors (Lipinski definition) is 1. The third-order valence-corrected chi connectivity index (χ3v) is 4.32. The average Bonchev–Trinajstić information content (AvgIpc) is 3.14. The molecule has 1 aromatic carbocycles. The maximum Gasteiger partial charge on any atom is 0.326 e. The molecule has 0 spiro atoms. The van der Waals surface area contributed by atoms with E-state index in [-0.39, 0.29) is 11.6 Å². The molecule has 0 bridgehead atoms. The minimum absolute atomic E-state index is 0.262. The number of aryl methyl sites for hydroxylation is 1. The van der Waals surface area contributed by atoms with Crippen molar-refractivity contribution in [3.8, 4) is 5.69 Å². The van der Waals surface area contributed by atoms with E-state index in [9.17, 15) is 14.7 Å². The molecule has 0 radical (unpaired) electrons. The van der Waals surface area contributed by atoms with Gasteiger partial charge in [0.15, 0.2) is 5.69 Å². The number of halogens is 1. The third kappa shape index (κ3) is 2.82. The van der Waals surface area contributed by atoms with Crippen molar-refractivity contribution in [2.24, 2.45) is 0 Å². The summed E-state index contributed by atoms with van der Waals surface area (Å²) in [6.45, 7) is 2.22. The SMILES string of the molecule is Cc1cn(-c2ccccc2Cl)nc1C(=O)N1CCC[C@H]1C(=O)O. The molecule has 2 heterocycles. The van der Waals surface area contributed by atoms with Gasteiger partial charge in [-0.15, -0.1) is 0 Å². The Morgan fingerprint density at radius 3 is 2.78 bits per heavy atom. The van der Waals surface area contributed by atoms with Gasteiger partial charge in [0.2, 0.25) is 0 Å². The van der Waals surface area contributed by atoms with E-state index >= 15 is 0 Å². The number of nitrogens with zero attached hydrogens (tertiary/aromatic N) is 3.